The molecule has 2 rings (SSSR count). The lowest BCUT2D eigenvalue weighted by Crippen LogP contribution is -3.06. The summed E-state index contributed by atoms with van der Waals surface area (Å²) in [6, 6.07) is 0. The van der Waals surface area contributed by atoms with Gasteiger partial charge in [0.2, 0.25) is 0 Å². The number of rotatable bonds is 8. The summed E-state index contributed by atoms with van der Waals surface area (Å²) in [4.78, 5) is 36.8. The number of phosphoric ester groups is 1. The predicted octanol–water partition coefficient (Wildman–Crippen LogP) is 0.304. The number of aromatic nitrogens is 2. The van der Waals surface area contributed by atoms with Crippen molar-refractivity contribution in [2.24, 2.45) is 0 Å². The molecule has 2 unspecified atom stereocenters. The number of phosphoric acid groups is 2. The molecule has 26 heavy (non-hydrogen) atoms. The number of quaternary nitrogens is 1. The van der Waals surface area contributed by atoms with E-state index in [1.807, 2.05) is 6.92 Å². The molecule has 0 saturated carbocycles. The summed E-state index contributed by atoms with van der Waals surface area (Å²) in [7, 11) is -9.91. The van der Waals surface area contributed by atoms with Gasteiger partial charge < -0.3 is 20.4 Å². The van der Waals surface area contributed by atoms with Crippen LogP contribution in [0.2, 0.25) is 0 Å². The van der Waals surface area contributed by atoms with Gasteiger partial charge in [0.15, 0.2) is 0 Å². The highest BCUT2D eigenvalue weighted by atomic mass is 32.2. The fourth-order valence-electron chi connectivity index (χ4n) is 2.32. The van der Waals surface area contributed by atoms with Gasteiger partial charge in [-0.2, -0.15) is 4.31 Å². The van der Waals surface area contributed by atoms with Gasteiger partial charge >= 0.3 is 15.6 Å². The van der Waals surface area contributed by atoms with E-state index in [1.54, 1.807) is 24.9 Å². The van der Waals surface area contributed by atoms with Crippen LogP contribution in [0.4, 0.5) is 5.82 Å². The molecule has 0 aromatic carbocycles. The van der Waals surface area contributed by atoms with E-state index in [9.17, 15) is 14.0 Å². The highest BCUT2D eigenvalue weighted by Gasteiger charge is 2.33. The topological polar surface area (TPSA) is 170 Å². The number of hydrogen-bond acceptors (Lipinski definition) is 8. The molecular formula is C12H21N4O7P2S+. The van der Waals surface area contributed by atoms with E-state index in [-0.39, 0.29) is 6.61 Å². The minimum Gasteiger partial charge on any atom is -0.383 e. The number of allylic oxidation sites excluding steroid dienone is 1. The molecule has 14 heteroatoms. The maximum absolute atomic E-state index is 11.4. The molecule has 0 fully saturated rings. The van der Waals surface area contributed by atoms with Crippen LogP contribution in [0.1, 0.15) is 24.7 Å². The molecule has 1 aliphatic heterocycles. The minimum absolute atomic E-state index is 0.212. The number of aryl methyl sites for hydroxylation is 1. The Morgan fingerprint density at radius 1 is 1.35 bits per heavy atom. The molecule has 0 aliphatic carbocycles. The number of nitrogens with two attached hydrogens (primary N) is 1. The highest BCUT2D eigenvalue weighted by molar-refractivity contribution is 8.03. The van der Waals surface area contributed by atoms with Crippen molar-refractivity contribution < 1.29 is 37.5 Å². The maximum atomic E-state index is 11.4. The summed E-state index contributed by atoms with van der Waals surface area (Å²) in [5.74, 6) is 1.79. The molecule has 6 N–H and O–H groups in total. The van der Waals surface area contributed by atoms with Crippen LogP contribution in [0.15, 0.2) is 16.8 Å². The monoisotopic (exact) mass is 427 g/mol. The van der Waals surface area contributed by atoms with Gasteiger partial charge in [-0.1, -0.05) is 11.8 Å². The summed E-state index contributed by atoms with van der Waals surface area (Å²) in [6.07, 6.45) is 2.01. The molecule has 0 bridgehead atoms. The van der Waals surface area contributed by atoms with E-state index in [0.717, 1.165) is 26.9 Å². The van der Waals surface area contributed by atoms with Crippen molar-refractivity contribution in [1.82, 2.24) is 9.97 Å². The molecule has 0 spiro atoms. The first-order valence-electron chi connectivity index (χ1n) is 7.46. The SMILES string of the molecule is CC1=C(CCOP(=O)(O)OP(=O)(O)O)SC[NH+]1Cc1cnc(C)nc1N. The normalized spacial score (nSPS) is 20.4. The van der Waals surface area contributed by atoms with Crippen LogP contribution in [-0.4, -0.2) is 37.1 Å². The van der Waals surface area contributed by atoms with Gasteiger partial charge in [0.1, 0.15) is 29.8 Å². The van der Waals surface area contributed by atoms with Gasteiger partial charge in [0.05, 0.1) is 12.2 Å². The van der Waals surface area contributed by atoms with Gasteiger partial charge in [-0.25, -0.2) is 19.1 Å². The standard InChI is InChI=1S/C12H20N4O7P2S/c1-8-11(3-4-22-25(20,21)23-24(17,18)19)26-7-16(8)6-10-5-14-9(2)15-12(10)13/h5H,3-4,6-7H2,1-2H3,(H,20,21)(H2,13,14,15)(H2,17,18,19)/p+1. The number of nitrogens with zero attached hydrogens (tertiary/aromatic N) is 2. The second kappa shape index (κ2) is 8.47. The number of anilines is 1. The molecule has 1 aliphatic rings. The Hall–Kier alpha value is -0.810. The molecule has 1 aromatic heterocycles. The largest absolute Gasteiger partial charge is 0.481 e. The molecule has 0 radical (unpaired) electrons. The van der Waals surface area contributed by atoms with Gasteiger partial charge in [-0.05, 0) is 6.92 Å². The Morgan fingerprint density at radius 2 is 2.04 bits per heavy atom. The summed E-state index contributed by atoms with van der Waals surface area (Å²) < 4.78 is 30.4. The fraction of sp³-hybridized carbons (Fsp3) is 0.500. The molecule has 2 heterocycles. The van der Waals surface area contributed by atoms with Crippen molar-refractivity contribution in [2.45, 2.75) is 26.8 Å². The summed E-state index contributed by atoms with van der Waals surface area (Å²) in [5, 5.41) is 0. The lowest BCUT2D eigenvalue weighted by Gasteiger charge is -2.14. The highest BCUT2D eigenvalue weighted by Crippen LogP contribution is 2.57. The third-order valence-electron chi connectivity index (χ3n) is 3.58. The zero-order valence-electron chi connectivity index (χ0n) is 14.2. The zero-order valence-corrected chi connectivity index (χ0v) is 16.8. The third kappa shape index (κ3) is 6.41. The van der Waals surface area contributed by atoms with Crippen LogP contribution in [-0.2, 0) is 24.5 Å². The van der Waals surface area contributed by atoms with Crippen molar-refractivity contribution in [3.05, 3.63) is 28.2 Å². The van der Waals surface area contributed by atoms with Crippen molar-refractivity contribution in [2.75, 3.05) is 18.2 Å². The summed E-state index contributed by atoms with van der Waals surface area (Å²) in [6.45, 7) is 4.09. The molecule has 2 atom stereocenters. The van der Waals surface area contributed by atoms with Crippen molar-refractivity contribution in [3.8, 4) is 0 Å². The Labute approximate surface area is 154 Å². The molecule has 0 saturated heterocycles. The van der Waals surface area contributed by atoms with Gasteiger partial charge in [0.25, 0.3) is 0 Å². The first kappa shape index (κ1) is 21.5. The summed E-state index contributed by atoms with van der Waals surface area (Å²) in [5.41, 5.74) is 7.78. The van der Waals surface area contributed by atoms with E-state index in [4.69, 9.17) is 15.5 Å². The Balaban J connectivity index is 1.92. The van der Waals surface area contributed by atoms with E-state index in [2.05, 4.69) is 18.8 Å². The number of nitrogens with one attached hydrogen (secondary N) is 1. The third-order valence-corrected chi connectivity index (χ3v) is 7.12. The maximum Gasteiger partial charge on any atom is 0.481 e. The van der Waals surface area contributed by atoms with E-state index in [0.29, 0.717) is 24.6 Å². The molecule has 0 amide bonds. The average molecular weight is 427 g/mol. The second-order valence-electron chi connectivity index (χ2n) is 5.57. The quantitative estimate of drug-likeness (QED) is 0.362. The predicted molar refractivity (Wildman–Crippen MR) is 94.5 cm³/mol. The first-order chi connectivity index (χ1) is 12.0. The molecule has 146 valence electrons. The molecule has 11 nitrogen and oxygen atoms in total. The smallest absolute Gasteiger partial charge is 0.383 e. The van der Waals surface area contributed by atoms with Crippen LogP contribution >= 0.6 is 27.4 Å². The van der Waals surface area contributed by atoms with Crippen molar-refractivity contribution >= 4 is 33.2 Å². The second-order valence-corrected chi connectivity index (χ2v) is 9.47. The van der Waals surface area contributed by atoms with Crippen molar-refractivity contribution in [1.29, 1.82) is 0 Å². The average Bonchev–Trinajstić information content (AvgIpc) is 2.80. The zero-order chi connectivity index (χ0) is 19.5. The van der Waals surface area contributed by atoms with E-state index in [1.165, 1.54) is 0 Å². The first-order valence-corrected chi connectivity index (χ1v) is 11.5. The van der Waals surface area contributed by atoms with Crippen LogP contribution in [0.5, 0.6) is 0 Å². The fourth-order valence-corrected chi connectivity index (χ4v) is 5.16. The Bertz CT molecular complexity index is 800. The number of nitrogen functional groups attached to an aromatic ring is 1. The minimum atomic E-state index is -5.11. The van der Waals surface area contributed by atoms with E-state index < -0.39 is 15.6 Å². The van der Waals surface area contributed by atoms with E-state index >= 15 is 0 Å². The van der Waals surface area contributed by atoms with Crippen molar-refractivity contribution in [3.63, 3.8) is 0 Å². The van der Waals surface area contributed by atoms with Gasteiger partial charge in [0, 0.05) is 24.4 Å². The van der Waals surface area contributed by atoms with Gasteiger partial charge in [-0.15, -0.1) is 0 Å². The lowest BCUT2D eigenvalue weighted by molar-refractivity contribution is -0.859. The Kier molecular flexibility index (Phi) is 7.00. The molecule has 1 aromatic rings. The van der Waals surface area contributed by atoms with Crippen LogP contribution in [0.3, 0.4) is 0 Å². The number of thioether (sulfide) groups is 1. The number of hydrogen-bond donors (Lipinski definition) is 5. The summed E-state index contributed by atoms with van der Waals surface area (Å²) >= 11 is 1.57. The van der Waals surface area contributed by atoms with Crippen LogP contribution < -0.4 is 10.6 Å². The van der Waals surface area contributed by atoms with Gasteiger partial charge in [-0.3, -0.25) is 9.42 Å². The van der Waals surface area contributed by atoms with Crippen LogP contribution in [0, 0.1) is 6.92 Å². The Morgan fingerprint density at radius 3 is 2.65 bits per heavy atom. The molecular weight excluding hydrogens is 406 g/mol. The van der Waals surface area contributed by atoms with Crippen LogP contribution in [0.25, 0.3) is 0 Å². The lowest BCUT2D eigenvalue weighted by atomic mass is 10.2.